The smallest absolute Gasteiger partial charge is 0.407 e. The molecule has 1 aromatic carbocycles. The molecule has 1 amide bonds. The summed E-state index contributed by atoms with van der Waals surface area (Å²) in [5.74, 6) is 0.832. The maximum Gasteiger partial charge on any atom is 0.407 e. The predicted molar refractivity (Wildman–Crippen MR) is 66.4 cm³/mol. The van der Waals surface area contributed by atoms with E-state index >= 15 is 0 Å². The van der Waals surface area contributed by atoms with E-state index in [0.29, 0.717) is 6.54 Å². The highest BCUT2D eigenvalue weighted by molar-refractivity contribution is 5.67. The Balaban J connectivity index is 3.05. The molecule has 1 rings (SSSR count). The van der Waals surface area contributed by atoms with Crippen LogP contribution in [0.5, 0.6) is 5.75 Å². The predicted octanol–water partition coefficient (Wildman–Crippen LogP) is 2.48. The molecule has 0 bridgehead atoms. The SMILES string of the molecule is COC(=O)NCc1c(C)cc(C)c(C)c1OC. The molecule has 0 radical (unpaired) electrons. The van der Waals surface area contributed by atoms with Gasteiger partial charge in [-0.2, -0.15) is 0 Å². The van der Waals surface area contributed by atoms with E-state index in [0.717, 1.165) is 22.4 Å². The highest BCUT2D eigenvalue weighted by Gasteiger charge is 2.13. The summed E-state index contributed by atoms with van der Waals surface area (Å²) in [5, 5.41) is 2.67. The van der Waals surface area contributed by atoms with Gasteiger partial charge in [0.15, 0.2) is 0 Å². The number of alkyl carbamates (subject to hydrolysis) is 1. The summed E-state index contributed by atoms with van der Waals surface area (Å²) in [7, 11) is 2.99. The maximum absolute atomic E-state index is 11.1. The van der Waals surface area contributed by atoms with Gasteiger partial charge in [0.2, 0.25) is 0 Å². The molecule has 0 saturated carbocycles. The normalized spacial score (nSPS) is 9.94. The number of hydrogen-bond acceptors (Lipinski definition) is 3. The monoisotopic (exact) mass is 237 g/mol. The summed E-state index contributed by atoms with van der Waals surface area (Å²) in [6.45, 7) is 6.46. The lowest BCUT2D eigenvalue weighted by molar-refractivity contribution is 0.170. The Labute approximate surface area is 102 Å². The molecule has 0 saturated heterocycles. The zero-order valence-corrected chi connectivity index (χ0v) is 11.0. The van der Waals surface area contributed by atoms with Gasteiger partial charge in [0.05, 0.1) is 20.8 Å². The molecule has 0 aromatic heterocycles. The van der Waals surface area contributed by atoms with Crippen molar-refractivity contribution in [2.75, 3.05) is 14.2 Å². The topological polar surface area (TPSA) is 47.6 Å². The zero-order valence-electron chi connectivity index (χ0n) is 11.0. The lowest BCUT2D eigenvalue weighted by Gasteiger charge is -2.16. The van der Waals surface area contributed by atoms with Gasteiger partial charge in [-0.15, -0.1) is 0 Å². The van der Waals surface area contributed by atoms with Crippen LogP contribution in [0.25, 0.3) is 0 Å². The number of aryl methyl sites for hydroxylation is 2. The molecule has 0 spiro atoms. The summed E-state index contributed by atoms with van der Waals surface area (Å²) in [6, 6.07) is 2.09. The van der Waals surface area contributed by atoms with Crippen LogP contribution in [0.15, 0.2) is 6.07 Å². The van der Waals surface area contributed by atoms with Crippen molar-refractivity contribution in [3.63, 3.8) is 0 Å². The highest BCUT2D eigenvalue weighted by atomic mass is 16.5. The lowest BCUT2D eigenvalue weighted by Crippen LogP contribution is -2.23. The molecule has 0 aliphatic carbocycles. The Morgan fingerprint density at radius 3 is 2.41 bits per heavy atom. The highest BCUT2D eigenvalue weighted by Crippen LogP contribution is 2.29. The number of benzene rings is 1. The standard InChI is InChI=1S/C13H19NO3/c1-8-6-9(2)11(7-14-13(15)17-5)12(16-4)10(8)3/h6H,7H2,1-5H3,(H,14,15). The van der Waals surface area contributed by atoms with Crippen LogP contribution in [0.3, 0.4) is 0 Å². The summed E-state index contributed by atoms with van der Waals surface area (Å²) >= 11 is 0. The van der Waals surface area contributed by atoms with Gasteiger partial charge in [-0.1, -0.05) is 6.07 Å². The van der Waals surface area contributed by atoms with Crippen molar-refractivity contribution in [1.82, 2.24) is 5.32 Å². The first-order chi connectivity index (χ1) is 8.01. The largest absolute Gasteiger partial charge is 0.496 e. The van der Waals surface area contributed by atoms with E-state index in [4.69, 9.17) is 4.74 Å². The third-order valence-corrected chi connectivity index (χ3v) is 2.91. The van der Waals surface area contributed by atoms with E-state index in [2.05, 4.69) is 16.1 Å². The summed E-state index contributed by atoms with van der Waals surface area (Å²) in [5.41, 5.74) is 4.36. The quantitative estimate of drug-likeness (QED) is 0.878. The second-order valence-corrected chi connectivity index (χ2v) is 3.99. The van der Waals surface area contributed by atoms with Crippen LogP contribution in [-0.4, -0.2) is 20.3 Å². The first-order valence-corrected chi connectivity index (χ1v) is 5.46. The minimum absolute atomic E-state index is 0.406. The molecule has 1 aromatic rings. The molecule has 0 aliphatic heterocycles. The van der Waals surface area contributed by atoms with Crippen molar-refractivity contribution in [3.8, 4) is 5.75 Å². The molecular weight excluding hydrogens is 218 g/mol. The van der Waals surface area contributed by atoms with Crippen LogP contribution in [-0.2, 0) is 11.3 Å². The average molecular weight is 237 g/mol. The molecule has 94 valence electrons. The van der Waals surface area contributed by atoms with E-state index in [9.17, 15) is 4.79 Å². The second-order valence-electron chi connectivity index (χ2n) is 3.99. The minimum atomic E-state index is -0.440. The van der Waals surface area contributed by atoms with Crippen molar-refractivity contribution in [2.45, 2.75) is 27.3 Å². The van der Waals surface area contributed by atoms with Gasteiger partial charge in [0, 0.05) is 5.56 Å². The summed E-state index contributed by atoms with van der Waals surface area (Å²) in [6.07, 6.45) is -0.440. The van der Waals surface area contributed by atoms with Crippen molar-refractivity contribution in [1.29, 1.82) is 0 Å². The fourth-order valence-corrected chi connectivity index (χ4v) is 1.83. The molecule has 17 heavy (non-hydrogen) atoms. The third-order valence-electron chi connectivity index (χ3n) is 2.91. The molecule has 0 heterocycles. The average Bonchev–Trinajstić information content (AvgIpc) is 2.31. The molecule has 4 nitrogen and oxygen atoms in total. The third kappa shape index (κ3) is 2.90. The van der Waals surface area contributed by atoms with Gasteiger partial charge >= 0.3 is 6.09 Å². The van der Waals surface area contributed by atoms with E-state index in [1.54, 1.807) is 7.11 Å². The molecule has 0 atom stereocenters. The maximum atomic E-state index is 11.1. The van der Waals surface area contributed by atoms with E-state index in [1.807, 2.05) is 20.8 Å². The number of amides is 1. The zero-order chi connectivity index (χ0) is 13.0. The summed E-state index contributed by atoms with van der Waals surface area (Å²) < 4.78 is 9.96. The van der Waals surface area contributed by atoms with Gasteiger partial charge in [-0.05, 0) is 37.5 Å². The van der Waals surface area contributed by atoms with Gasteiger partial charge < -0.3 is 14.8 Å². The van der Waals surface area contributed by atoms with E-state index in [-0.39, 0.29) is 0 Å². The van der Waals surface area contributed by atoms with Gasteiger partial charge in [-0.3, -0.25) is 0 Å². The Bertz CT molecular complexity index is 427. The van der Waals surface area contributed by atoms with E-state index in [1.165, 1.54) is 12.7 Å². The minimum Gasteiger partial charge on any atom is -0.496 e. The van der Waals surface area contributed by atoms with Gasteiger partial charge in [0.1, 0.15) is 5.75 Å². The van der Waals surface area contributed by atoms with Crippen LogP contribution >= 0.6 is 0 Å². The van der Waals surface area contributed by atoms with Crippen molar-refractivity contribution >= 4 is 6.09 Å². The van der Waals surface area contributed by atoms with Gasteiger partial charge in [0.25, 0.3) is 0 Å². The first-order valence-electron chi connectivity index (χ1n) is 5.46. The van der Waals surface area contributed by atoms with Crippen LogP contribution < -0.4 is 10.1 Å². The molecule has 0 fully saturated rings. The Kier molecular flexibility index (Phi) is 4.37. The number of rotatable bonds is 3. The Morgan fingerprint density at radius 2 is 1.88 bits per heavy atom. The molecule has 1 N–H and O–H groups in total. The number of hydrogen-bond donors (Lipinski definition) is 1. The van der Waals surface area contributed by atoms with Crippen LogP contribution in [0.2, 0.25) is 0 Å². The van der Waals surface area contributed by atoms with Crippen molar-refractivity contribution in [3.05, 3.63) is 28.3 Å². The van der Waals surface area contributed by atoms with Crippen molar-refractivity contribution in [2.24, 2.45) is 0 Å². The molecule has 0 aliphatic rings. The Morgan fingerprint density at radius 1 is 1.24 bits per heavy atom. The molecular formula is C13H19NO3. The fourth-order valence-electron chi connectivity index (χ4n) is 1.83. The number of carbonyl (C=O) groups excluding carboxylic acids is 1. The van der Waals surface area contributed by atoms with E-state index < -0.39 is 6.09 Å². The second kappa shape index (κ2) is 5.57. The fraction of sp³-hybridized carbons (Fsp3) is 0.462. The molecule has 0 unspecified atom stereocenters. The number of carbonyl (C=O) groups is 1. The number of methoxy groups -OCH3 is 2. The molecule has 4 heteroatoms. The number of ether oxygens (including phenoxy) is 2. The lowest BCUT2D eigenvalue weighted by atomic mass is 9.99. The van der Waals surface area contributed by atoms with Crippen LogP contribution in [0, 0.1) is 20.8 Å². The first kappa shape index (κ1) is 13.4. The van der Waals surface area contributed by atoms with Crippen LogP contribution in [0.1, 0.15) is 22.3 Å². The summed E-state index contributed by atoms with van der Waals surface area (Å²) in [4.78, 5) is 11.1. The van der Waals surface area contributed by atoms with Gasteiger partial charge in [-0.25, -0.2) is 4.79 Å². The van der Waals surface area contributed by atoms with Crippen molar-refractivity contribution < 1.29 is 14.3 Å². The Hall–Kier alpha value is -1.71. The van der Waals surface area contributed by atoms with Crippen LogP contribution in [0.4, 0.5) is 4.79 Å². The number of nitrogens with one attached hydrogen (secondary N) is 1.